The number of para-hydroxylation sites is 2. The summed E-state index contributed by atoms with van der Waals surface area (Å²) in [5.74, 6) is 0.106. The number of hydrogen-bond donors (Lipinski definition) is 0. The molecule has 5 aromatic rings. The highest BCUT2D eigenvalue weighted by atomic mass is 16.2. The number of β-lactam (4-membered cyclic amide) rings is 1. The van der Waals surface area contributed by atoms with Crippen LogP contribution in [0.3, 0.4) is 0 Å². The highest BCUT2D eigenvalue weighted by Gasteiger charge is 2.64. The first-order valence-electron chi connectivity index (χ1n) is 12.1. The van der Waals surface area contributed by atoms with E-state index in [1.165, 1.54) is 16.5 Å². The van der Waals surface area contributed by atoms with Crippen molar-refractivity contribution < 1.29 is 4.79 Å². The van der Waals surface area contributed by atoms with E-state index in [1.807, 2.05) is 35.2 Å². The standard InChI is InChI=1S/C32H28N2O/c1-22-13-17-24(18-14-22)32(25-19-15-23(2)16-20-25)30(34(31(32)35)26-9-5-4-6-10-26)28-21-33(3)29-12-8-7-11-27(28)29/h4-21,30H,1-3H3. The summed E-state index contributed by atoms with van der Waals surface area (Å²) in [6.07, 6.45) is 2.20. The Balaban J connectivity index is 1.68. The summed E-state index contributed by atoms with van der Waals surface area (Å²) in [7, 11) is 2.08. The van der Waals surface area contributed by atoms with Gasteiger partial charge < -0.3 is 9.47 Å². The first kappa shape index (κ1) is 21.4. The van der Waals surface area contributed by atoms with E-state index < -0.39 is 5.41 Å². The fraction of sp³-hybridized carbons (Fsp3) is 0.156. The van der Waals surface area contributed by atoms with Crippen LogP contribution in [0.2, 0.25) is 0 Å². The topological polar surface area (TPSA) is 25.2 Å². The fourth-order valence-electron chi connectivity index (χ4n) is 5.73. The molecule has 0 bridgehead atoms. The Bertz CT molecular complexity index is 1480. The highest BCUT2D eigenvalue weighted by Crippen LogP contribution is 2.58. The minimum atomic E-state index is -0.818. The van der Waals surface area contributed by atoms with Crippen LogP contribution in [-0.2, 0) is 17.3 Å². The number of rotatable bonds is 4. The Morgan fingerprint density at radius 3 is 1.83 bits per heavy atom. The molecule has 0 spiro atoms. The summed E-state index contributed by atoms with van der Waals surface area (Å²) < 4.78 is 2.17. The van der Waals surface area contributed by atoms with Crippen molar-refractivity contribution in [2.24, 2.45) is 7.05 Å². The molecule has 3 heteroatoms. The van der Waals surface area contributed by atoms with E-state index in [4.69, 9.17) is 0 Å². The van der Waals surface area contributed by atoms with Crippen LogP contribution in [-0.4, -0.2) is 10.5 Å². The Labute approximate surface area is 206 Å². The summed E-state index contributed by atoms with van der Waals surface area (Å²) in [5, 5.41) is 1.18. The summed E-state index contributed by atoms with van der Waals surface area (Å²) >= 11 is 0. The van der Waals surface area contributed by atoms with Crippen molar-refractivity contribution in [3.63, 3.8) is 0 Å². The molecule has 1 aliphatic rings. The second-order valence-electron chi connectivity index (χ2n) is 9.67. The molecule has 0 saturated carbocycles. The minimum Gasteiger partial charge on any atom is -0.350 e. The van der Waals surface area contributed by atoms with Gasteiger partial charge in [-0.1, -0.05) is 96.1 Å². The van der Waals surface area contributed by atoms with Crippen LogP contribution >= 0.6 is 0 Å². The molecule has 172 valence electrons. The lowest BCUT2D eigenvalue weighted by Gasteiger charge is -2.56. The quantitative estimate of drug-likeness (QED) is 0.271. The Morgan fingerprint density at radius 2 is 1.23 bits per heavy atom. The lowest BCUT2D eigenvalue weighted by molar-refractivity contribution is -0.131. The van der Waals surface area contributed by atoms with E-state index >= 15 is 0 Å². The molecule has 0 N–H and O–H groups in total. The SMILES string of the molecule is Cc1ccc(C2(c3ccc(C)cc3)C(=O)N(c3ccccc3)C2c2cn(C)c3ccccc23)cc1. The Kier molecular flexibility index (Phi) is 4.89. The Hall–Kier alpha value is -4.11. The van der Waals surface area contributed by atoms with Crippen LogP contribution in [0.4, 0.5) is 5.69 Å². The molecule has 4 aromatic carbocycles. The lowest BCUT2D eigenvalue weighted by Crippen LogP contribution is -2.67. The summed E-state index contributed by atoms with van der Waals surface area (Å²) in [4.78, 5) is 16.5. The highest BCUT2D eigenvalue weighted by molar-refractivity contribution is 6.13. The van der Waals surface area contributed by atoms with E-state index in [9.17, 15) is 4.79 Å². The molecule has 1 aromatic heterocycles. The van der Waals surface area contributed by atoms with Gasteiger partial charge in [0.2, 0.25) is 5.91 Å². The number of benzene rings is 4. The van der Waals surface area contributed by atoms with Crippen LogP contribution in [0.1, 0.15) is 33.9 Å². The van der Waals surface area contributed by atoms with E-state index in [1.54, 1.807) is 0 Å². The van der Waals surface area contributed by atoms with Gasteiger partial charge >= 0.3 is 0 Å². The molecule has 1 fully saturated rings. The normalized spacial score (nSPS) is 16.9. The lowest BCUT2D eigenvalue weighted by atomic mass is 9.59. The number of anilines is 1. The molecule has 1 saturated heterocycles. The van der Waals surface area contributed by atoms with E-state index in [0.29, 0.717) is 0 Å². The van der Waals surface area contributed by atoms with Crippen LogP contribution in [0.15, 0.2) is 109 Å². The smallest absolute Gasteiger partial charge is 0.245 e. The number of hydrogen-bond acceptors (Lipinski definition) is 1. The molecule has 1 amide bonds. The van der Waals surface area contributed by atoms with Crippen LogP contribution in [0, 0.1) is 13.8 Å². The van der Waals surface area contributed by atoms with Crippen LogP contribution in [0.5, 0.6) is 0 Å². The van der Waals surface area contributed by atoms with Gasteiger partial charge in [-0.3, -0.25) is 4.79 Å². The summed E-state index contributed by atoms with van der Waals surface area (Å²) in [6.45, 7) is 4.17. The molecule has 35 heavy (non-hydrogen) atoms. The summed E-state index contributed by atoms with van der Waals surface area (Å²) in [6, 6.07) is 35.3. The average molecular weight is 457 g/mol. The predicted molar refractivity (Wildman–Crippen MR) is 143 cm³/mol. The van der Waals surface area contributed by atoms with Crippen molar-refractivity contribution in [3.05, 3.63) is 137 Å². The maximum Gasteiger partial charge on any atom is 0.245 e. The maximum atomic E-state index is 14.5. The molecule has 1 unspecified atom stereocenters. The zero-order chi connectivity index (χ0) is 24.2. The summed E-state index contributed by atoms with van der Waals surface area (Å²) in [5.41, 5.74) is 6.85. The molecule has 0 radical (unpaired) electrons. The van der Waals surface area contributed by atoms with E-state index in [0.717, 1.165) is 27.9 Å². The first-order valence-corrected chi connectivity index (χ1v) is 12.1. The number of aromatic nitrogens is 1. The van der Waals surface area contributed by atoms with Gasteiger partial charge in [-0.15, -0.1) is 0 Å². The third kappa shape index (κ3) is 3.08. The zero-order valence-corrected chi connectivity index (χ0v) is 20.3. The van der Waals surface area contributed by atoms with Gasteiger partial charge in [0, 0.05) is 35.4 Å². The number of fused-ring (bicyclic) bond motifs is 1. The third-order valence-electron chi connectivity index (χ3n) is 7.50. The van der Waals surface area contributed by atoms with Gasteiger partial charge in [-0.2, -0.15) is 0 Å². The maximum absolute atomic E-state index is 14.5. The van der Waals surface area contributed by atoms with E-state index in [2.05, 4.69) is 104 Å². The molecule has 6 rings (SSSR count). The predicted octanol–water partition coefficient (Wildman–Crippen LogP) is 6.87. The van der Waals surface area contributed by atoms with Gasteiger partial charge in [0.25, 0.3) is 0 Å². The number of aryl methyl sites for hydroxylation is 3. The van der Waals surface area contributed by atoms with Gasteiger partial charge in [0.1, 0.15) is 5.41 Å². The van der Waals surface area contributed by atoms with E-state index in [-0.39, 0.29) is 11.9 Å². The van der Waals surface area contributed by atoms with Gasteiger partial charge in [0.15, 0.2) is 0 Å². The number of nitrogens with zero attached hydrogens (tertiary/aromatic N) is 2. The van der Waals surface area contributed by atoms with Crippen molar-refractivity contribution in [1.82, 2.24) is 4.57 Å². The van der Waals surface area contributed by atoms with Gasteiger partial charge in [-0.25, -0.2) is 0 Å². The fourth-order valence-corrected chi connectivity index (χ4v) is 5.73. The average Bonchev–Trinajstić information content (AvgIpc) is 3.21. The first-order chi connectivity index (χ1) is 17.0. The molecule has 3 nitrogen and oxygen atoms in total. The van der Waals surface area contributed by atoms with Crippen LogP contribution < -0.4 is 4.90 Å². The van der Waals surface area contributed by atoms with Crippen molar-refractivity contribution in [1.29, 1.82) is 0 Å². The Morgan fingerprint density at radius 1 is 0.686 bits per heavy atom. The molecule has 1 aliphatic heterocycles. The second kappa shape index (κ2) is 7.99. The number of carbonyl (C=O) groups excluding carboxylic acids is 1. The van der Waals surface area contributed by atoms with Crippen molar-refractivity contribution in [3.8, 4) is 0 Å². The molecule has 2 heterocycles. The molecule has 0 aliphatic carbocycles. The van der Waals surface area contributed by atoms with Crippen molar-refractivity contribution in [2.45, 2.75) is 25.3 Å². The number of amides is 1. The number of carbonyl (C=O) groups is 1. The van der Waals surface area contributed by atoms with Crippen molar-refractivity contribution >= 4 is 22.5 Å². The largest absolute Gasteiger partial charge is 0.350 e. The molecular formula is C32H28N2O. The van der Waals surface area contributed by atoms with Crippen LogP contribution in [0.25, 0.3) is 10.9 Å². The van der Waals surface area contributed by atoms with Gasteiger partial charge in [-0.05, 0) is 43.2 Å². The molecular weight excluding hydrogens is 428 g/mol. The van der Waals surface area contributed by atoms with Gasteiger partial charge in [0.05, 0.1) is 6.04 Å². The molecule has 1 atom stereocenters. The zero-order valence-electron chi connectivity index (χ0n) is 20.3. The second-order valence-corrected chi connectivity index (χ2v) is 9.67. The minimum absolute atomic E-state index is 0.106. The van der Waals surface area contributed by atoms with Crippen molar-refractivity contribution in [2.75, 3.05) is 4.90 Å². The third-order valence-corrected chi connectivity index (χ3v) is 7.50. The monoisotopic (exact) mass is 456 g/mol.